The molecule has 1 amide bonds. The molecule has 2 aromatic carbocycles. The summed E-state index contributed by atoms with van der Waals surface area (Å²) in [6, 6.07) is 13.9. The Kier molecular flexibility index (Phi) is 6.39. The number of hydrogen-bond acceptors (Lipinski definition) is 5. The molecular formula is C22H22N2O4S. The van der Waals surface area contributed by atoms with E-state index in [4.69, 9.17) is 9.84 Å². The molecule has 1 aliphatic rings. The number of carboxylic acids is 1. The molecule has 1 N–H and O–H groups in total. The van der Waals surface area contributed by atoms with E-state index in [0.29, 0.717) is 28.3 Å². The Labute approximate surface area is 173 Å². The fourth-order valence-electron chi connectivity index (χ4n) is 2.58. The van der Waals surface area contributed by atoms with Crippen molar-refractivity contribution in [1.82, 2.24) is 4.90 Å². The van der Waals surface area contributed by atoms with Gasteiger partial charge in [-0.15, -0.1) is 0 Å². The Hall–Kier alpha value is -3.06. The zero-order valence-electron chi connectivity index (χ0n) is 16.5. The number of nitrogens with zero attached hydrogens (tertiary/aromatic N) is 2. The molecule has 0 bridgehead atoms. The molecule has 29 heavy (non-hydrogen) atoms. The fourth-order valence-corrected chi connectivity index (χ4v) is 3.57. The molecule has 0 aliphatic carbocycles. The highest BCUT2D eigenvalue weighted by Crippen LogP contribution is 2.33. The second-order valence-electron chi connectivity index (χ2n) is 7.00. The number of likely N-dealkylation sites (N-methyl/N-ethyl adjacent to an activating group) is 1. The summed E-state index contributed by atoms with van der Waals surface area (Å²) in [6.45, 7) is 4.80. The number of carboxylic acid groups (broad SMARTS) is 1. The average molecular weight is 410 g/mol. The second-order valence-corrected chi connectivity index (χ2v) is 8.01. The van der Waals surface area contributed by atoms with Crippen LogP contribution in [0.25, 0.3) is 6.08 Å². The van der Waals surface area contributed by atoms with Crippen molar-refractivity contribution in [2.45, 2.75) is 13.8 Å². The normalized spacial score (nSPS) is 16.8. The first-order chi connectivity index (χ1) is 13.8. The largest absolute Gasteiger partial charge is 0.493 e. The van der Waals surface area contributed by atoms with Crippen molar-refractivity contribution in [3.05, 3.63) is 64.6 Å². The van der Waals surface area contributed by atoms with Gasteiger partial charge in [0.15, 0.2) is 5.17 Å². The van der Waals surface area contributed by atoms with Crippen molar-refractivity contribution in [1.29, 1.82) is 0 Å². The monoisotopic (exact) mass is 410 g/mol. The van der Waals surface area contributed by atoms with Gasteiger partial charge < -0.3 is 9.84 Å². The van der Waals surface area contributed by atoms with Crippen LogP contribution in [-0.4, -0.2) is 40.7 Å². The van der Waals surface area contributed by atoms with Crippen LogP contribution in [0.1, 0.15) is 29.8 Å². The highest BCUT2D eigenvalue weighted by atomic mass is 32.2. The van der Waals surface area contributed by atoms with Gasteiger partial charge in [-0.05, 0) is 59.7 Å². The first kappa shape index (κ1) is 20.7. The van der Waals surface area contributed by atoms with E-state index in [-0.39, 0.29) is 11.5 Å². The molecule has 150 valence electrons. The molecule has 6 nitrogen and oxygen atoms in total. The number of amides is 1. The summed E-state index contributed by atoms with van der Waals surface area (Å²) in [5, 5.41) is 9.62. The maximum absolute atomic E-state index is 12.6. The minimum Gasteiger partial charge on any atom is -0.493 e. The van der Waals surface area contributed by atoms with Crippen LogP contribution in [0.4, 0.5) is 5.69 Å². The summed E-state index contributed by atoms with van der Waals surface area (Å²) in [4.78, 5) is 30.2. The lowest BCUT2D eigenvalue weighted by molar-refractivity contribution is -0.121. The smallest absolute Gasteiger partial charge is 0.335 e. The zero-order chi connectivity index (χ0) is 21.0. The van der Waals surface area contributed by atoms with Crippen LogP contribution in [-0.2, 0) is 4.79 Å². The summed E-state index contributed by atoms with van der Waals surface area (Å²) >= 11 is 1.25. The second kappa shape index (κ2) is 8.96. The summed E-state index contributed by atoms with van der Waals surface area (Å²) in [5.74, 6) is 0.0135. The van der Waals surface area contributed by atoms with Gasteiger partial charge in [0, 0.05) is 7.05 Å². The van der Waals surface area contributed by atoms with Gasteiger partial charge in [-0.2, -0.15) is 0 Å². The van der Waals surface area contributed by atoms with Crippen molar-refractivity contribution in [2.24, 2.45) is 10.9 Å². The first-order valence-electron chi connectivity index (χ1n) is 9.16. The summed E-state index contributed by atoms with van der Waals surface area (Å²) in [5.41, 5.74) is 1.50. The molecule has 1 aliphatic heterocycles. The third-order valence-electron chi connectivity index (χ3n) is 4.06. The number of carbonyl (C=O) groups excluding carboxylic acids is 1. The Morgan fingerprint density at radius 1 is 1.24 bits per heavy atom. The molecule has 7 heteroatoms. The quantitative estimate of drug-likeness (QED) is 0.701. The number of thioether (sulfide) groups is 1. The highest BCUT2D eigenvalue weighted by molar-refractivity contribution is 8.18. The van der Waals surface area contributed by atoms with E-state index in [1.54, 1.807) is 19.2 Å². The lowest BCUT2D eigenvalue weighted by Crippen LogP contribution is -2.23. The van der Waals surface area contributed by atoms with Crippen LogP contribution < -0.4 is 4.74 Å². The van der Waals surface area contributed by atoms with E-state index in [1.165, 1.54) is 28.8 Å². The number of ether oxygens (including phenoxy) is 1. The van der Waals surface area contributed by atoms with Crippen molar-refractivity contribution in [3.8, 4) is 5.75 Å². The van der Waals surface area contributed by atoms with Gasteiger partial charge in [-0.1, -0.05) is 32.0 Å². The Morgan fingerprint density at radius 3 is 2.72 bits per heavy atom. The number of aliphatic imine (C=N–C) groups is 1. The van der Waals surface area contributed by atoms with Crippen molar-refractivity contribution in [2.75, 3.05) is 13.7 Å². The van der Waals surface area contributed by atoms with Crippen LogP contribution in [0.5, 0.6) is 5.75 Å². The number of aromatic carboxylic acids is 1. The van der Waals surface area contributed by atoms with Crippen molar-refractivity contribution in [3.63, 3.8) is 0 Å². The van der Waals surface area contributed by atoms with E-state index >= 15 is 0 Å². The topological polar surface area (TPSA) is 79.2 Å². The van der Waals surface area contributed by atoms with E-state index in [9.17, 15) is 9.59 Å². The summed E-state index contributed by atoms with van der Waals surface area (Å²) in [6.07, 6.45) is 1.81. The third kappa shape index (κ3) is 5.26. The van der Waals surface area contributed by atoms with Crippen molar-refractivity contribution < 1.29 is 19.4 Å². The highest BCUT2D eigenvalue weighted by Gasteiger charge is 2.30. The van der Waals surface area contributed by atoms with Gasteiger partial charge >= 0.3 is 5.97 Å². The number of benzene rings is 2. The number of carbonyl (C=O) groups is 2. The fraction of sp³-hybridized carbons (Fsp3) is 0.227. The number of hydrogen-bond donors (Lipinski definition) is 1. The maximum Gasteiger partial charge on any atom is 0.335 e. The average Bonchev–Trinajstić information content (AvgIpc) is 2.95. The van der Waals surface area contributed by atoms with E-state index in [1.807, 2.05) is 30.3 Å². The molecule has 1 fully saturated rings. The molecule has 3 rings (SSSR count). The number of rotatable bonds is 6. The molecule has 2 aromatic rings. The van der Waals surface area contributed by atoms with Gasteiger partial charge in [0.05, 0.1) is 22.8 Å². The van der Waals surface area contributed by atoms with Gasteiger partial charge in [0.25, 0.3) is 5.91 Å². The SMILES string of the molecule is CC(C)COc1cccc(/C=C2/SC(=Nc3cccc(C(=O)O)c3)N(C)C2=O)c1. The Morgan fingerprint density at radius 2 is 2.00 bits per heavy atom. The van der Waals surface area contributed by atoms with Crippen LogP contribution >= 0.6 is 11.8 Å². The van der Waals surface area contributed by atoms with Crippen LogP contribution in [0.3, 0.4) is 0 Å². The summed E-state index contributed by atoms with van der Waals surface area (Å²) in [7, 11) is 1.65. The van der Waals surface area contributed by atoms with Crippen LogP contribution in [0.15, 0.2) is 58.4 Å². The number of amidine groups is 1. The first-order valence-corrected chi connectivity index (χ1v) is 9.97. The molecule has 0 spiro atoms. The van der Waals surface area contributed by atoms with Crippen molar-refractivity contribution >= 4 is 40.6 Å². The molecular weight excluding hydrogens is 388 g/mol. The molecule has 0 atom stereocenters. The minimum atomic E-state index is -1.02. The summed E-state index contributed by atoms with van der Waals surface area (Å²) < 4.78 is 5.75. The van der Waals surface area contributed by atoms with E-state index < -0.39 is 5.97 Å². The maximum atomic E-state index is 12.6. The minimum absolute atomic E-state index is 0.151. The molecule has 0 radical (unpaired) electrons. The predicted molar refractivity (Wildman–Crippen MR) is 116 cm³/mol. The lowest BCUT2D eigenvalue weighted by Gasteiger charge is -2.09. The molecule has 1 saturated heterocycles. The van der Waals surface area contributed by atoms with Gasteiger partial charge in [0.2, 0.25) is 0 Å². The van der Waals surface area contributed by atoms with E-state index in [0.717, 1.165) is 11.3 Å². The molecule has 0 unspecified atom stereocenters. The molecule has 0 aromatic heterocycles. The molecule has 0 saturated carbocycles. The van der Waals surface area contributed by atoms with Gasteiger partial charge in [-0.3, -0.25) is 9.69 Å². The predicted octanol–water partition coefficient (Wildman–Crippen LogP) is 4.65. The van der Waals surface area contributed by atoms with Gasteiger partial charge in [-0.25, -0.2) is 9.79 Å². The van der Waals surface area contributed by atoms with Crippen LogP contribution in [0, 0.1) is 5.92 Å². The third-order valence-corrected chi connectivity index (χ3v) is 5.12. The molecule has 1 heterocycles. The van der Waals surface area contributed by atoms with E-state index in [2.05, 4.69) is 18.8 Å². The Bertz CT molecular complexity index is 998. The standard InChI is InChI=1S/C22H22N2O4S/c1-14(2)13-28-18-9-4-6-15(10-18)11-19-20(25)24(3)22(29-19)23-17-8-5-7-16(12-17)21(26)27/h4-12,14H,13H2,1-3H3,(H,26,27)/b19-11+,23-22?. The zero-order valence-corrected chi connectivity index (χ0v) is 17.3. The lowest BCUT2D eigenvalue weighted by atomic mass is 10.2. The Balaban J connectivity index is 1.82. The van der Waals surface area contributed by atoms with Gasteiger partial charge in [0.1, 0.15) is 5.75 Å². The van der Waals surface area contributed by atoms with Crippen LogP contribution in [0.2, 0.25) is 0 Å².